The molecule has 0 N–H and O–H groups in total. The zero-order valence-corrected chi connectivity index (χ0v) is 8.30. The number of hydrogen-bond acceptors (Lipinski definition) is 1. The molecule has 1 saturated heterocycles. The Balaban J connectivity index is 2.55. The Kier molecular flexibility index (Phi) is 3.00. The molecule has 0 spiro atoms. The average Bonchev–Trinajstić information content (AvgIpc) is 1.85. The van der Waals surface area contributed by atoms with Gasteiger partial charge in [0.05, 0.1) is 0 Å². The third-order valence-corrected chi connectivity index (χ3v) is 2.86. The third-order valence-electron chi connectivity index (χ3n) is 2.86. The van der Waals surface area contributed by atoms with Crippen LogP contribution in [-0.2, 0) is 0 Å². The molecular formula is C9H20BN. The smallest absolute Gasteiger partial charge is 0.217 e. The van der Waals surface area contributed by atoms with Gasteiger partial charge < -0.3 is 4.81 Å². The van der Waals surface area contributed by atoms with Crippen molar-refractivity contribution in [1.29, 1.82) is 0 Å². The Morgan fingerprint density at radius 1 is 1.09 bits per heavy atom. The molecule has 1 rings (SSSR count). The van der Waals surface area contributed by atoms with Gasteiger partial charge in [-0.05, 0) is 24.9 Å². The van der Waals surface area contributed by atoms with Gasteiger partial charge in [-0.25, -0.2) is 0 Å². The van der Waals surface area contributed by atoms with Crippen molar-refractivity contribution in [3.8, 4) is 0 Å². The van der Waals surface area contributed by atoms with Gasteiger partial charge in [-0.2, -0.15) is 0 Å². The minimum Gasteiger partial charge on any atom is -0.337 e. The summed E-state index contributed by atoms with van der Waals surface area (Å²) >= 11 is 0. The van der Waals surface area contributed by atoms with Gasteiger partial charge in [-0.1, -0.05) is 33.9 Å². The molecule has 0 amide bonds. The maximum Gasteiger partial charge on any atom is 0.217 e. The van der Waals surface area contributed by atoms with Crippen molar-refractivity contribution < 1.29 is 0 Å². The molecule has 0 saturated carbocycles. The van der Waals surface area contributed by atoms with Gasteiger partial charge in [0.15, 0.2) is 0 Å². The van der Waals surface area contributed by atoms with E-state index in [2.05, 4.69) is 32.3 Å². The first-order valence-corrected chi connectivity index (χ1v) is 4.90. The summed E-state index contributed by atoms with van der Waals surface area (Å²) in [5, 5.41) is 0. The van der Waals surface area contributed by atoms with Gasteiger partial charge in [-0.15, -0.1) is 0 Å². The molecule has 1 fully saturated rings. The Morgan fingerprint density at radius 2 is 1.55 bits per heavy atom. The zero-order chi connectivity index (χ0) is 8.43. The van der Waals surface area contributed by atoms with Crippen LogP contribution in [0.25, 0.3) is 0 Å². The molecule has 2 unspecified atom stereocenters. The third kappa shape index (κ3) is 1.99. The molecule has 0 aromatic heterocycles. The van der Waals surface area contributed by atoms with Crippen LogP contribution in [0.5, 0.6) is 0 Å². The molecule has 0 aromatic rings. The van der Waals surface area contributed by atoms with Crippen LogP contribution in [0.15, 0.2) is 0 Å². The molecular weight excluding hydrogens is 133 g/mol. The van der Waals surface area contributed by atoms with Gasteiger partial charge in [0.1, 0.15) is 0 Å². The Bertz CT molecular complexity index is 115. The van der Waals surface area contributed by atoms with E-state index in [0.717, 1.165) is 18.9 Å². The highest BCUT2D eigenvalue weighted by Gasteiger charge is 2.27. The van der Waals surface area contributed by atoms with Crippen molar-refractivity contribution in [2.75, 3.05) is 0 Å². The number of rotatable bonds is 1. The molecule has 1 heterocycles. The van der Waals surface area contributed by atoms with E-state index in [1.165, 1.54) is 19.3 Å². The molecule has 64 valence electrons. The van der Waals surface area contributed by atoms with Crippen LogP contribution in [0.1, 0.15) is 33.1 Å². The van der Waals surface area contributed by atoms with E-state index in [1.807, 2.05) is 0 Å². The lowest BCUT2D eigenvalue weighted by Crippen LogP contribution is -2.49. The monoisotopic (exact) mass is 153 g/mol. The van der Waals surface area contributed by atoms with Crippen LogP contribution in [0, 0.1) is 0 Å². The van der Waals surface area contributed by atoms with Crippen LogP contribution in [0.4, 0.5) is 0 Å². The fourth-order valence-electron chi connectivity index (χ4n) is 2.46. The number of nitrogens with zero attached hydrogens (tertiary/aromatic N) is 1. The molecule has 2 heteroatoms. The second kappa shape index (κ2) is 3.62. The average molecular weight is 153 g/mol. The Morgan fingerprint density at radius 3 is 1.82 bits per heavy atom. The van der Waals surface area contributed by atoms with Crippen molar-refractivity contribution in [3.05, 3.63) is 0 Å². The van der Waals surface area contributed by atoms with Crippen molar-refractivity contribution in [2.45, 2.75) is 58.8 Å². The van der Waals surface area contributed by atoms with Crippen LogP contribution in [0.3, 0.4) is 0 Å². The van der Waals surface area contributed by atoms with Crippen LogP contribution in [0.2, 0.25) is 13.6 Å². The molecule has 0 aliphatic carbocycles. The lowest BCUT2D eigenvalue weighted by molar-refractivity contribution is 0.201. The van der Waals surface area contributed by atoms with Crippen molar-refractivity contribution >= 4 is 6.85 Å². The second-order valence-electron chi connectivity index (χ2n) is 4.17. The fourth-order valence-corrected chi connectivity index (χ4v) is 2.46. The fraction of sp³-hybridized carbons (Fsp3) is 1.00. The van der Waals surface area contributed by atoms with Crippen LogP contribution >= 0.6 is 0 Å². The maximum absolute atomic E-state index is 2.64. The van der Waals surface area contributed by atoms with Gasteiger partial charge >= 0.3 is 0 Å². The molecule has 1 nitrogen and oxygen atoms in total. The van der Waals surface area contributed by atoms with Gasteiger partial charge in [-0.3, -0.25) is 0 Å². The lowest BCUT2D eigenvalue weighted by atomic mass is 9.63. The zero-order valence-electron chi connectivity index (χ0n) is 8.30. The largest absolute Gasteiger partial charge is 0.337 e. The Labute approximate surface area is 71.3 Å². The predicted octanol–water partition coefficient (Wildman–Crippen LogP) is 2.50. The quantitative estimate of drug-likeness (QED) is 0.523. The second-order valence-corrected chi connectivity index (χ2v) is 4.17. The van der Waals surface area contributed by atoms with E-state index < -0.39 is 0 Å². The van der Waals surface area contributed by atoms with E-state index in [9.17, 15) is 0 Å². The van der Waals surface area contributed by atoms with Crippen molar-refractivity contribution in [2.24, 2.45) is 0 Å². The topological polar surface area (TPSA) is 3.24 Å². The summed E-state index contributed by atoms with van der Waals surface area (Å²) in [7, 11) is 0. The van der Waals surface area contributed by atoms with Crippen LogP contribution in [-0.4, -0.2) is 23.7 Å². The number of hydrogen-bond donors (Lipinski definition) is 0. The molecule has 0 aromatic carbocycles. The minimum absolute atomic E-state index is 0.722. The van der Waals surface area contributed by atoms with Gasteiger partial charge in [0.25, 0.3) is 0 Å². The summed E-state index contributed by atoms with van der Waals surface area (Å²) in [5.41, 5.74) is 0. The highest BCUT2D eigenvalue weighted by atomic mass is 15.1. The molecule has 1 aliphatic heterocycles. The summed E-state index contributed by atoms with van der Waals surface area (Å²) in [6.07, 6.45) is 4.20. The summed E-state index contributed by atoms with van der Waals surface area (Å²) < 4.78 is 0. The lowest BCUT2D eigenvalue weighted by Gasteiger charge is -2.41. The van der Waals surface area contributed by atoms with E-state index in [1.54, 1.807) is 0 Å². The highest BCUT2D eigenvalue weighted by molar-refractivity contribution is 6.52. The summed E-state index contributed by atoms with van der Waals surface area (Å²) in [6, 6.07) is 1.61. The first-order valence-electron chi connectivity index (χ1n) is 4.90. The van der Waals surface area contributed by atoms with Crippen LogP contribution < -0.4 is 0 Å². The summed E-state index contributed by atoms with van der Waals surface area (Å²) in [4.78, 5) is 2.64. The van der Waals surface area contributed by atoms with Gasteiger partial charge in [0, 0.05) is 0 Å². The minimum atomic E-state index is 0.722. The molecule has 0 radical (unpaired) electrons. The first kappa shape index (κ1) is 9.12. The van der Waals surface area contributed by atoms with E-state index >= 15 is 0 Å². The standard InChI is InChI=1S/C9H20BN/c1-8-6-5-7-9(2)11(8)10(3)4/h8-9H,5-7H2,1-4H3. The van der Waals surface area contributed by atoms with E-state index in [0.29, 0.717) is 0 Å². The first-order chi connectivity index (χ1) is 5.13. The predicted molar refractivity (Wildman–Crippen MR) is 52.1 cm³/mol. The van der Waals surface area contributed by atoms with Crippen molar-refractivity contribution in [1.82, 2.24) is 4.81 Å². The summed E-state index contributed by atoms with van der Waals surface area (Å²) in [5.74, 6) is 0. The van der Waals surface area contributed by atoms with Gasteiger partial charge in [0.2, 0.25) is 6.85 Å². The molecule has 1 aliphatic rings. The molecule has 11 heavy (non-hydrogen) atoms. The Hall–Kier alpha value is 0.0249. The number of piperidine rings is 1. The summed E-state index contributed by atoms with van der Waals surface area (Å²) in [6.45, 7) is 10.0. The maximum atomic E-state index is 2.64. The molecule has 2 atom stereocenters. The van der Waals surface area contributed by atoms with Crippen molar-refractivity contribution in [3.63, 3.8) is 0 Å². The highest BCUT2D eigenvalue weighted by Crippen LogP contribution is 2.23. The molecule has 0 bridgehead atoms. The van der Waals surface area contributed by atoms with E-state index in [4.69, 9.17) is 0 Å². The van der Waals surface area contributed by atoms with E-state index in [-0.39, 0.29) is 0 Å². The SMILES string of the molecule is CB(C)N1C(C)CCCC1C. The normalized spacial score (nSPS) is 33.8.